The number of hydrogen-bond donors (Lipinski definition) is 1. The van der Waals surface area contributed by atoms with Crippen LogP contribution < -0.4 is 5.32 Å². The van der Waals surface area contributed by atoms with Gasteiger partial charge in [-0.3, -0.25) is 4.79 Å². The maximum absolute atomic E-state index is 12.7. The zero-order valence-electron chi connectivity index (χ0n) is 12.4. The van der Waals surface area contributed by atoms with E-state index >= 15 is 0 Å². The topological polar surface area (TPSA) is 32.3 Å². The Morgan fingerprint density at radius 3 is 1.95 bits per heavy atom. The van der Waals surface area contributed by atoms with Crippen molar-refractivity contribution in [1.82, 2.24) is 10.2 Å². The quantitative estimate of drug-likeness (QED) is 0.778. The molecule has 0 atom stereocenters. The lowest BCUT2D eigenvalue weighted by Gasteiger charge is -2.37. The Morgan fingerprint density at radius 2 is 1.63 bits per heavy atom. The predicted octanol–water partition coefficient (Wildman–Crippen LogP) is 2.95. The van der Waals surface area contributed by atoms with Gasteiger partial charge >= 0.3 is 6.18 Å². The number of alkyl halides is 3. The maximum Gasteiger partial charge on any atom is 0.406 e. The van der Waals surface area contributed by atoms with E-state index in [-0.39, 0.29) is 6.04 Å². The van der Waals surface area contributed by atoms with Crippen molar-refractivity contribution >= 4 is 5.91 Å². The Balaban J connectivity index is 5.17. The first-order valence-corrected chi connectivity index (χ1v) is 6.71. The van der Waals surface area contributed by atoms with Crippen molar-refractivity contribution in [3.8, 4) is 0 Å². The minimum atomic E-state index is -4.37. The lowest BCUT2D eigenvalue weighted by atomic mass is 10.0. The van der Waals surface area contributed by atoms with Gasteiger partial charge in [0.1, 0.15) is 6.54 Å². The number of halogens is 3. The minimum Gasteiger partial charge on any atom is -0.329 e. The summed E-state index contributed by atoms with van der Waals surface area (Å²) in [5.41, 5.74) is -0.984. The van der Waals surface area contributed by atoms with Crippen LogP contribution in [0.3, 0.4) is 0 Å². The molecule has 0 radical (unpaired) electrons. The van der Waals surface area contributed by atoms with Gasteiger partial charge in [-0.05, 0) is 33.2 Å². The van der Waals surface area contributed by atoms with Crippen LogP contribution in [0.4, 0.5) is 13.2 Å². The van der Waals surface area contributed by atoms with Crippen LogP contribution >= 0.6 is 0 Å². The molecule has 0 fully saturated rings. The highest BCUT2D eigenvalue weighted by molar-refractivity contribution is 5.85. The van der Waals surface area contributed by atoms with E-state index in [0.717, 1.165) is 4.90 Å². The molecule has 1 amide bonds. The number of hydrogen-bond acceptors (Lipinski definition) is 2. The van der Waals surface area contributed by atoms with E-state index in [9.17, 15) is 18.0 Å². The fourth-order valence-corrected chi connectivity index (χ4v) is 2.17. The fraction of sp³-hybridized carbons (Fsp3) is 0.923. The standard InChI is InChI=1S/C13H25F3N2O/c1-6-10(7-2)18(9-13(14,15)16)11(19)12(4,5)17-8-3/h10,17H,6-9H2,1-5H3. The van der Waals surface area contributed by atoms with Gasteiger partial charge < -0.3 is 10.2 Å². The first kappa shape index (κ1) is 18.2. The van der Waals surface area contributed by atoms with Gasteiger partial charge in [0, 0.05) is 6.04 Å². The number of nitrogens with zero attached hydrogens (tertiary/aromatic N) is 1. The van der Waals surface area contributed by atoms with Crippen LogP contribution in [0.1, 0.15) is 47.5 Å². The summed E-state index contributed by atoms with van der Waals surface area (Å²) in [4.78, 5) is 13.3. The fourth-order valence-electron chi connectivity index (χ4n) is 2.17. The molecule has 0 aliphatic heterocycles. The van der Waals surface area contributed by atoms with Crippen molar-refractivity contribution in [1.29, 1.82) is 0 Å². The Bertz CT molecular complexity index is 286. The number of rotatable bonds is 7. The van der Waals surface area contributed by atoms with Gasteiger partial charge in [0.15, 0.2) is 0 Å². The molecule has 3 nitrogen and oxygen atoms in total. The van der Waals surface area contributed by atoms with E-state index in [1.807, 2.05) is 6.92 Å². The highest BCUT2D eigenvalue weighted by atomic mass is 19.4. The second kappa shape index (κ2) is 7.12. The van der Waals surface area contributed by atoms with Crippen molar-refractivity contribution in [3.63, 3.8) is 0 Å². The van der Waals surface area contributed by atoms with Gasteiger partial charge in [-0.15, -0.1) is 0 Å². The third-order valence-electron chi connectivity index (χ3n) is 3.15. The molecule has 19 heavy (non-hydrogen) atoms. The summed E-state index contributed by atoms with van der Waals surface area (Å²) >= 11 is 0. The number of nitrogens with one attached hydrogen (secondary N) is 1. The summed E-state index contributed by atoms with van der Waals surface area (Å²) in [5, 5.41) is 2.93. The molecule has 1 N–H and O–H groups in total. The van der Waals surface area contributed by atoms with Gasteiger partial charge in [0.05, 0.1) is 5.54 Å². The Morgan fingerprint density at radius 1 is 1.16 bits per heavy atom. The monoisotopic (exact) mass is 282 g/mol. The normalized spacial score (nSPS) is 12.9. The van der Waals surface area contributed by atoms with Crippen LogP contribution in [-0.4, -0.2) is 41.7 Å². The van der Waals surface area contributed by atoms with Crippen LogP contribution in [0.15, 0.2) is 0 Å². The predicted molar refractivity (Wildman–Crippen MR) is 69.9 cm³/mol. The molecular formula is C13H25F3N2O. The van der Waals surface area contributed by atoms with Gasteiger partial charge in [0.2, 0.25) is 5.91 Å². The molecule has 0 unspecified atom stereocenters. The summed E-state index contributed by atoms with van der Waals surface area (Å²) in [6.45, 7) is 7.99. The smallest absolute Gasteiger partial charge is 0.329 e. The Labute approximate surface area is 113 Å². The summed E-state index contributed by atoms with van der Waals surface area (Å²) in [7, 11) is 0. The van der Waals surface area contributed by atoms with Gasteiger partial charge in [-0.25, -0.2) is 0 Å². The third kappa shape index (κ3) is 5.80. The second-order valence-corrected chi connectivity index (χ2v) is 5.17. The molecule has 114 valence electrons. The first-order chi connectivity index (χ1) is 8.59. The zero-order valence-corrected chi connectivity index (χ0v) is 12.4. The number of carbonyl (C=O) groups excluding carboxylic acids is 1. The molecule has 0 heterocycles. The molecule has 0 saturated heterocycles. The molecule has 0 bridgehead atoms. The van der Waals surface area contributed by atoms with Crippen molar-refractivity contribution in [2.75, 3.05) is 13.1 Å². The molecule has 0 rings (SSSR count). The lowest BCUT2D eigenvalue weighted by molar-refractivity contribution is -0.169. The summed E-state index contributed by atoms with van der Waals surface area (Å²) < 4.78 is 38.0. The largest absolute Gasteiger partial charge is 0.406 e. The van der Waals surface area contributed by atoms with Crippen molar-refractivity contribution in [2.45, 2.75) is 65.2 Å². The molecule has 0 aromatic heterocycles. The average Bonchev–Trinajstić information content (AvgIpc) is 2.26. The van der Waals surface area contributed by atoms with E-state index in [0.29, 0.717) is 19.4 Å². The number of amides is 1. The number of likely N-dealkylation sites (N-methyl/N-ethyl adjacent to an activating group) is 1. The Kier molecular flexibility index (Phi) is 6.83. The molecule has 6 heteroatoms. The Hall–Kier alpha value is -0.780. The molecule has 0 spiro atoms. The number of carbonyl (C=O) groups is 1. The van der Waals surface area contributed by atoms with Crippen LogP contribution in [0.2, 0.25) is 0 Å². The van der Waals surface area contributed by atoms with E-state index in [4.69, 9.17) is 0 Å². The highest BCUT2D eigenvalue weighted by Gasteiger charge is 2.40. The zero-order chi connectivity index (χ0) is 15.3. The molecule has 0 aromatic rings. The third-order valence-corrected chi connectivity index (χ3v) is 3.15. The summed E-state index contributed by atoms with van der Waals surface area (Å²) in [6, 6.07) is -0.382. The molecular weight excluding hydrogens is 257 g/mol. The average molecular weight is 282 g/mol. The van der Waals surface area contributed by atoms with E-state index in [2.05, 4.69) is 5.32 Å². The van der Waals surface area contributed by atoms with Crippen LogP contribution in [0, 0.1) is 0 Å². The molecule has 0 aromatic carbocycles. The van der Waals surface area contributed by atoms with Gasteiger partial charge in [-0.1, -0.05) is 20.8 Å². The summed E-state index contributed by atoms with van der Waals surface area (Å²) in [6.07, 6.45) is -3.35. The molecule has 0 saturated carbocycles. The van der Waals surface area contributed by atoms with Crippen LogP contribution in [0.25, 0.3) is 0 Å². The highest BCUT2D eigenvalue weighted by Crippen LogP contribution is 2.23. The maximum atomic E-state index is 12.7. The van der Waals surface area contributed by atoms with Crippen molar-refractivity contribution in [2.24, 2.45) is 0 Å². The minimum absolute atomic E-state index is 0.382. The van der Waals surface area contributed by atoms with Gasteiger partial charge in [0.25, 0.3) is 0 Å². The molecule has 0 aliphatic carbocycles. The van der Waals surface area contributed by atoms with Crippen molar-refractivity contribution in [3.05, 3.63) is 0 Å². The van der Waals surface area contributed by atoms with E-state index in [1.165, 1.54) is 0 Å². The van der Waals surface area contributed by atoms with Crippen LogP contribution in [0.5, 0.6) is 0 Å². The SMILES string of the molecule is CCNC(C)(C)C(=O)N(CC(F)(F)F)C(CC)CC. The van der Waals surface area contributed by atoms with Crippen molar-refractivity contribution < 1.29 is 18.0 Å². The lowest BCUT2D eigenvalue weighted by Crippen LogP contribution is -2.58. The summed E-state index contributed by atoms with van der Waals surface area (Å²) in [5.74, 6) is -0.500. The van der Waals surface area contributed by atoms with Gasteiger partial charge in [-0.2, -0.15) is 13.2 Å². The van der Waals surface area contributed by atoms with Crippen LogP contribution in [-0.2, 0) is 4.79 Å². The first-order valence-electron chi connectivity index (χ1n) is 6.71. The van der Waals surface area contributed by atoms with E-state index < -0.39 is 24.2 Å². The second-order valence-electron chi connectivity index (χ2n) is 5.17. The molecule has 0 aliphatic rings. The van der Waals surface area contributed by atoms with E-state index in [1.54, 1.807) is 27.7 Å².